The molecule has 0 bridgehead atoms. The Kier molecular flexibility index (Phi) is 5.21. The second-order valence-electron chi connectivity index (χ2n) is 2.91. The summed E-state index contributed by atoms with van der Waals surface area (Å²) in [4.78, 5) is 10.7. The minimum Gasteiger partial charge on any atom is -0.469 e. The van der Waals surface area contributed by atoms with Crippen LogP contribution < -0.4 is 4.72 Å². The largest absolute Gasteiger partial charge is 0.469 e. The maximum Gasteiger partial charge on any atom is 0.306 e. The van der Waals surface area contributed by atoms with Gasteiger partial charge >= 0.3 is 5.97 Å². The van der Waals surface area contributed by atoms with Crippen molar-refractivity contribution in [3.05, 3.63) is 14.7 Å². The van der Waals surface area contributed by atoms with Gasteiger partial charge in [0.2, 0.25) is 10.0 Å². The third kappa shape index (κ3) is 4.11. The van der Waals surface area contributed by atoms with Crippen LogP contribution in [-0.4, -0.2) is 28.0 Å². The van der Waals surface area contributed by atoms with Crippen molar-refractivity contribution in [3.8, 4) is 0 Å². The van der Waals surface area contributed by atoms with E-state index in [4.69, 9.17) is 23.2 Å². The van der Waals surface area contributed by atoms with E-state index < -0.39 is 16.0 Å². The van der Waals surface area contributed by atoms with E-state index in [-0.39, 0.29) is 26.5 Å². The zero-order chi connectivity index (χ0) is 13.1. The molecule has 96 valence electrons. The average Bonchev–Trinajstić information content (AvgIpc) is 2.58. The lowest BCUT2D eigenvalue weighted by Crippen LogP contribution is -2.26. The average molecular weight is 318 g/mol. The number of methoxy groups -OCH3 is 1. The van der Waals surface area contributed by atoms with Gasteiger partial charge in [-0.15, -0.1) is 11.3 Å². The fourth-order valence-corrected chi connectivity index (χ4v) is 4.15. The summed E-state index contributed by atoms with van der Waals surface area (Å²) in [5.74, 6) is -0.498. The molecule has 0 aromatic carbocycles. The van der Waals surface area contributed by atoms with E-state index in [9.17, 15) is 13.2 Å². The van der Waals surface area contributed by atoms with E-state index in [2.05, 4.69) is 9.46 Å². The Morgan fingerprint density at radius 2 is 2.18 bits per heavy atom. The molecule has 9 heteroatoms. The standard InChI is InChI=1S/C8H9Cl2NO4S2/c1-15-7(12)2-3-11-17(13,14)5-4-6(9)16-8(5)10/h4,11H,2-3H2,1H3. The number of halogens is 2. The summed E-state index contributed by atoms with van der Waals surface area (Å²) in [5, 5.41) is 0. The van der Waals surface area contributed by atoms with E-state index in [1.807, 2.05) is 0 Å². The zero-order valence-corrected chi connectivity index (χ0v) is 11.8. The molecular formula is C8H9Cl2NO4S2. The lowest BCUT2D eigenvalue weighted by molar-refractivity contribution is -0.140. The van der Waals surface area contributed by atoms with E-state index in [0.717, 1.165) is 11.3 Å². The number of thiophene rings is 1. The fourth-order valence-electron chi connectivity index (χ4n) is 0.976. The van der Waals surface area contributed by atoms with Crippen LogP contribution in [0, 0.1) is 0 Å². The van der Waals surface area contributed by atoms with Gasteiger partial charge in [0.15, 0.2) is 0 Å². The van der Waals surface area contributed by atoms with Crippen LogP contribution in [0.2, 0.25) is 8.67 Å². The van der Waals surface area contributed by atoms with Crippen molar-refractivity contribution in [2.45, 2.75) is 11.3 Å². The number of hydrogen-bond acceptors (Lipinski definition) is 5. The second kappa shape index (κ2) is 6.01. The highest BCUT2D eigenvalue weighted by Gasteiger charge is 2.20. The quantitative estimate of drug-likeness (QED) is 0.842. The summed E-state index contributed by atoms with van der Waals surface area (Å²) < 4.78 is 30.4. The summed E-state index contributed by atoms with van der Waals surface area (Å²) in [6, 6.07) is 1.26. The second-order valence-corrected chi connectivity index (χ2v) is 6.93. The summed E-state index contributed by atoms with van der Waals surface area (Å²) in [5.41, 5.74) is 0. The smallest absolute Gasteiger partial charge is 0.306 e. The maximum atomic E-state index is 11.7. The van der Waals surface area contributed by atoms with Gasteiger partial charge in [0, 0.05) is 6.54 Å². The Hall–Kier alpha value is -0.340. The van der Waals surface area contributed by atoms with Crippen molar-refractivity contribution in [1.29, 1.82) is 0 Å². The number of sulfonamides is 1. The Morgan fingerprint density at radius 1 is 1.53 bits per heavy atom. The first-order valence-electron chi connectivity index (χ1n) is 4.38. The predicted octanol–water partition coefficient (Wildman–Crippen LogP) is 1.90. The van der Waals surface area contributed by atoms with Crippen LogP contribution >= 0.6 is 34.5 Å². The van der Waals surface area contributed by atoms with Gasteiger partial charge in [-0.25, -0.2) is 13.1 Å². The highest BCUT2D eigenvalue weighted by atomic mass is 35.5. The minimum atomic E-state index is -3.74. The fraction of sp³-hybridized carbons (Fsp3) is 0.375. The van der Waals surface area contributed by atoms with Gasteiger partial charge < -0.3 is 4.74 Å². The van der Waals surface area contributed by atoms with Crippen LogP contribution in [0.5, 0.6) is 0 Å². The molecule has 1 rings (SSSR count). The molecule has 0 saturated carbocycles. The molecule has 0 amide bonds. The Labute approximate surface area is 113 Å². The molecule has 0 spiro atoms. The van der Waals surface area contributed by atoms with Crippen molar-refractivity contribution >= 4 is 50.5 Å². The van der Waals surface area contributed by atoms with E-state index in [1.54, 1.807) is 0 Å². The summed E-state index contributed by atoms with van der Waals surface area (Å²) in [6.07, 6.45) is -0.0504. The van der Waals surface area contributed by atoms with Crippen LogP contribution in [0.25, 0.3) is 0 Å². The van der Waals surface area contributed by atoms with Gasteiger partial charge in [0.1, 0.15) is 9.23 Å². The van der Waals surface area contributed by atoms with Gasteiger partial charge in [0.05, 0.1) is 17.9 Å². The molecule has 1 heterocycles. The van der Waals surface area contributed by atoms with Gasteiger partial charge in [0.25, 0.3) is 0 Å². The number of esters is 1. The van der Waals surface area contributed by atoms with Gasteiger partial charge in [-0.05, 0) is 6.07 Å². The molecule has 0 aliphatic rings. The van der Waals surface area contributed by atoms with Crippen molar-refractivity contribution in [3.63, 3.8) is 0 Å². The highest BCUT2D eigenvalue weighted by molar-refractivity contribution is 7.89. The van der Waals surface area contributed by atoms with Crippen LogP contribution in [-0.2, 0) is 19.6 Å². The van der Waals surface area contributed by atoms with Gasteiger partial charge in [-0.1, -0.05) is 23.2 Å². The van der Waals surface area contributed by atoms with Crippen molar-refractivity contribution in [1.82, 2.24) is 4.72 Å². The number of carbonyl (C=O) groups is 1. The molecular weight excluding hydrogens is 309 g/mol. The van der Waals surface area contributed by atoms with Crippen molar-refractivity contribution in [2.75, 3.05) is 13.7 Å². The van der Waals surface area contributed by atoms with Crippen LogP contribution in [0.4, 0.5) is 0 Å². The van der Waals surface area contributed by atoms with Gasteiger partial charge in [-0.2, -0.15) is 0 Å². The summed E-state index contributed by atoms with van der Waals surface area (Å²) >= 11 is 12.3. The van der Waals surface area contributed by atoms with E-state index in [1.165, 1.54) is 13.2 Å². The first-order valence-corrected chi connectivity index (χ1v) is 7.43. The number of hydrogen-bond donors (Lipinski definition) is 1. The third-order valence-corrected chi connectivity index (χ3v) is 4.98. The molecule has 17 heavy (non-hydrogen) atoms. The SMILES string of the molecule is COC(=O)CCNS(=O)(=O)c1cc(Cl)sc1Cl. The monoisotopic (exact) mass is 317 g/mol. The lowest BCUT2D eigenvalue weighted by Gasteiger charge is -2.04. The first-order chi connectivity index (χ1) is 7.86. The number of ether oxygens (including phenoxy) is 1. The van der Waals surface area contributed by atoms with Crippen molar-refractivity contribution < 1.29 is 17.9 Å². The molecule has 1 N–H and O–H groups in total. The predicted molar refractivity (Wildman–Crippen MR) is 66.2 cm³/mol. The summed E-state index contributed by atoms with van der Waals surface area (Å²) in [6.45, 7) is -0.0567. The molecule has 0 atom stereocenters. The lowest BCUT2D eigenvalue weighted by atomic mass is 10.4. The molecule has 5 nitrogen and oxygen atoms in total. The molecule has 1 aromatic rings. The topological polar surface area (TPSA) is 72.5 Å². The number of carbonyl (C=O) groups excluding carboxylic acids is 1. The Morgan fingerprint density at radius 3 is 2.65 bits per heavy atom. The zero-order valence-electron chi connectivity index (χ0n) is 8.70. The highest BCUT2D eigenvalue weighted by Crippen LogP contribution is 2.33. The maximum absolute atomic E-state index is 11.7. The van der Waals surface area contributed by atoms with Crippen LogP contribution in [0.3, 0.4) is 0 Å². The van der Waals surface area contributed by atoms with Crippen LogP contribution in [0.15, 0.2) is 11.0 Å². The molecule has 0 fully saturated rings. The van der Waals surface area contributed by atoms with Crippen LogP contribution in [0.1, 0.15) is 6.42 Å². The summed E-state index contributed by atoms with van der Waals surface area (Å²) in [7, 11) is -2.51. The van der Waals surface area contributed by atoms with E-state index in [0.29, 0.717) is 0 Å². The molecule has 0 unspecified atom stereocenters. The molecule has 0 radical (unpaired) electrons. The normalized spacial score (nSPS) is 11.5. The van der Waals surface area contributed by atoms with E-state index >= 15 is 0 Å². The number of nitrogens with one attached hydrogen (secondary N) is 1. The molecule has 0 saturated heterocycles. The molecule has 0 aliphatic heterocycles. The van der Waals surface area contributed by atoms with Gasteiger partial charge in [-0.3, -0.25) is 4.79 Å². The Balaban J connectivity index is 2.70. The molecule has 1 aromatic heterocycles. The Bertz CT molecular complexity index is 512. The number of rotatable bonds is 5. The minimum absolute atomic E-state index is 0.0504. The third-order valence-electron chi connectivity index (χ3n) is 1.76. The molecule has 0 aliphatic carbocycles. The van der Waals surface area contributed by atoms with Crippen molar-refractivity contribution in [2.24, 2.45) is 0 Å². The first kappa shape index (κ1) is 14.7.